The van der Waals surface area contributed by atoms with Crippen molar-refractivity contribution >= 4 is 11.9 Å². The molecule has 3 aliphatic rings. The zero-order valence-electron chi connectivity index (χ0n) is 17.7. The van der Waals surface area contributed by atoms with Crippen LogP contribution in [0, 0.1) is 5.92 Å². The first-order chi connectivity index (χ1) is 14.6. The molecule has 4 heterocycles. The third-order valence-electron chi connectivity index (χ3n) is 6.52. The Bertz CT molecular complexity index is 877. The average Bonchev–Trinajstić information content (AvgIpc) is 2.74. The van der Waals surface area contributed by atoms with Crippen LogP contribution in [0.4, 0.5) is 0 Å². The molecule has 0 spiro atoms. The van der Waals surface area contributed by atoms with E-state index >= 15 is 0 Å². The molecule has 0 radical (unpaired) electrons. The maximum atomic E-state index is 12.7. The predicted octanol–water partition coefficient (Wildman–Crippen LogP) is 1.77. The number of nitrogens with zero attached hydrogens (tertiary/aromatic N) is 3. The van der Waals surface area contributed by atoms with Gasteiger partial charge in [0.05, 0.1) is 6.61 Å². The van der Waals surface area contributed by atoms with Gasteiger partial charge in [-0.15, -0.1) is 0 Å². The lowest BCUT2D eigenvalue weighted by Crippen LogP contribution is -2.48. The number of hydrogen-bond acceptors (Lipinski definition) is 5. The number of carbonyl (C=O) groups is 2. The largest absolute Gasteiger partial charge is 0.464 e. The van der Waals surface area contributed by atoms with Crippen LogP contribution in [-0.2, 0) is 20.9 Å². The molecule has 1 aromatic rings. The minimum absolute atomic E-state index is 0.0961. The van der Waals surface area contributed by atoms with Gasteiger partial charge in [0, 0.05) is 56.5 Å². The Morgan fingerprint density at radius 2 is 2.07 bits per heavy atom. The molecule has 2 bridgehead atoms. The van der Waals surface area contributed by atoms with Gasteiger partial charge in [-0.1, -0.05) is 12.1 Å². The molecule has 30 heavy (non-hydrogen) atoms. The van der Waals surface area contributed by atoms with E-state index in [9.17, 15) is 14.4 Å². The molecule has 1 amide bonds. The SMILES string of the molecule is CCOC(=O)C1CCCCN1C(=O)C=CCN1CC2CC(C1)c1cccc(=O)n1C2. The first-order valence-electron chi connectivity index (χ1n) is 11.1. The molecule has 0 N–H and O–H groups in total. The number of pyridine rings is 1. The molecule has 2 fully saturated rings. The number of carbonyl (C=O) groups excluding carboxylic acids is 2. The lowest BCUT2D eigenvalue weighted by atomic mass is 9.83. The highest BCUT2D eigenvalue weighted by Crippen LogP contribution is 2.34. The zero-order valence-corrected chi connectivity index (χ0v) is 17.7. The molecule has 4 rings (SSSR count). The molecule has 2 saturated heterocycles. The third-order valence-corrected chi connectivity index (χ3v) is 6.52. The van der Waals surface area contributed by atoms with Crippen LogP contribution >= 0.6 is 0 Å². The van der Waals surface area contributed by atoms with Gasteiger partial charge in [0.2, 0.25) is 5.91 Å². The third kappa shape index (κ3) is 4.36. The summed E-state index contributed by atoms with van der Waals surface area (Å²) in [6, 6.07) is 5.10. The minimum Gasteiger partial charge on any atom is -0.464 e. The van der Waals surface area contributed by atoms with Crippen LogP contribution in [0.1, 0.15) is 44.2 Å². The highest BCUT2D eigenvalue weighted by atomic mass is 16.5. The molecule has 0 saturated carbocycles. The summed E-state index contributed by atoms with van der Waals surface area (Å²) in [7, 11) is 0. The summed E-state index contributed by atoms with van der Waals surface area (Å²) >= 11 is 0. The molecule has 0 aromatic carbocycles. The Morgan fingerprint density at radius 1 is 1.20 bits per heavy atom. The number of ether oxygens (including phenoxy) is 1. The maximum Gasteiger partial charge on any atom is 0.328 e. The van der Waals surface area contributed by atoms with Crippen LogP contribution in [0.5, 0.6) is 0 Å². The quantitative estimate of drug-likeness (QED) is 0.543. The summed E-state index contributed by atoms with van der Waals surface area (Å²) in [5.74, 6) is 0.431. The number of hydrogen-bond donors (Lipinski definition) is 0. The van der Waals surface area contributed by atoms with Gasteiger partial charge >= 0.3 is 5.97 Å². The van der Waals surface area contributed by atoms with Crippen molar-refractivity contribution in [2.75, 3.05) is 32.8 Å². The lowest BCUT2D eigenvalue weighted by Gasteiger charge is -2.42. The standard InChI is InChI=1S/C23H31N3O4/c1-2-30-23(29)20-7-3-4-12-25(20)21(27)10-6-11-24-14-17-13-18(16-24)19-8-5-9-22(28)26(19)15-17/h5-6,8-10,17-18,20H,2-4,7,11-16H2,1H3. The van der Waals surface area contributed by atoms with Crippen molar-refractivity contribution in [1.82, 2.24) is 14.4 Å². The summed E-state index contributed by atoms with van der Waals surface area (Å²) in [5.41, 5.74) is 1.23. The van der Waals surface area contributed by atoms with Gasteiger partial charge in [0.1, 0.15) is 6.04 Å². The molecule has 1 aromatic heterocycles. The highest BCUT2D eigenvalue weighted by Gasteiger charge is 2.34. The molecular formula is C23H31N3O4. The second-order valence-corrected chi connectivity index (χ2v) is 8.61. The molecule has 7 heteroatoms. The fourth-order valence-electron chi connectivity index (χ4n) is 5.22. The first kappa shape index (κ1) is 20.8. The maximum absolute atomic E-state index is 12.7. The summed E-state index contributed by atoms with van der Waals surface area (Å²) < 4.78 is 7.08. The van der Waals surface area contributed by atoms with E-state index in [1.54, 1.807) is 24.0 Å². The molecule has 0 aliphatic carbocycles. The highest BCUT2D eigenvalue weighted by molar-refractivity contribution is 5.91. The van der Waals surface area contributed by atoms with Crippen molar-refractivity contribution < 1.29 is 14.3 Å². The van der Waals surface area contributed by atoms with E-state index < -0.39 is 6.04 Å². The van der Waals surface area contributed by atoms with Gasteiger partial charge in [-0.05, 0) is 44.6 Å². The topological polar surface area (TPSA) is 71.8 Å². The van der Waals surface area contributed by atoms with E-state index in [1.807, 2.05) is 16.7 Å². The van der Waals surface area contributed by atoms with Gasteiger partial charge in [-0.3, -0.25) is 14.5 Å². The Hall–Kier alpha value is -2.41. The Kier molecular flexibility index (Phi) is 6.37. The summed E-state index contributed by atoms with van der Waals surface area (Å²) in [4.78, 5) is 41.1. The van der Waals surface area contributed by atoms with Gasteiger partial charge < -0.3 is 14.2 Å². The summed E-state index contributed by atoms with van der Waals surface area (Å²) in [6.45, 7) is 6.04. The number of fused-ring (bicyclic) bond motifs is 4. The fourth-order valence-corrected chi connectivity index (χ4v) is 5.22. The molecule has 7 nitrogen and oxygen atoms in total. The predicted molar refractivity (Wildman–Crippen MR) is 113 cm³/mol. The number of amides is 1. The van der Waals surface area contributed by atoms with E-state index in [2.05, 4.69) is 11.0 Å². The van der Waals surface area contributed by atoms with Gasteiger partial charge in [-0.25, -0.2) is 4.79 Å². The first-order valence-corrected chi connectivity index (χ1v) is 11.1. The number of likely N-dealkylation sites (tertiary alicyclic amines) is 2. The molecule has 3 unspecified atom stereocenters. The van der Waals surface area contributed by atoms with Gasteiger partial charge in [0.25, 0.3) is 5.56 Å². The normalized spacial score (nSPS) is 26.4. The molecule has 3 atom stereocenters. The van der Waals surface area contributed by atoms with E-state index in [4.69, 9.17) is 4.74 Å². The van der Waals surface area contributed by atoms with Crippen LogP contribution in [0.2, 0.25) is 0 Å². The Balaban J connectivity index is 1.36. The van der Waals surface area contributed by atoms with E-state index in [0.29, 0.717) is 38.0 Å². The second-order valence-electron chi connectivity index (χ2n) is 8.61. The van der Waals surface area contributed by atoms with Gasteiger partial charge in [0.15, 0.2) is 0 Å². The van der Waals surface area contributed by atoms with Crippen molar-refractivity contribution in [3.8, 4) is 0 Å². The fraction of sp³-hybridized carbons (Fsp3) is 0.609. The van der Waals surface area contributed by atoms with Crippen LogP contribution in [0.25, 0.3) is 0 Å². The van der Waals surface area contributed by atoms with Crippen LogP contribution in [0.15, 0.2) is 35.1 Å². The smallest absolute Gasteiger partial charge is 0.328 e. The van der Waals surface area contributed by atoms with E-state index in [1.165, 1.54) is 0 Å². The summed E-state index contributed by atoms with van der Waals surface area (Å²) in [5, 5.41) is 0. The average molecular weight is 414 g/mol. The zero-order chi connectivity index (χ0) is 21.1. The molecular weight excluding hydrogens is 382 g/mol. The van der Waals surface area contributed by atoms with Crippen molar-refractivity contribution in [2.45, 2.75) is 51.1 Å². The minimum atomic E-state index is -0.458. The van der Waals surface area contributed by atoms with Crippen LogP contribution in [-0.4, -0.2) is 65.1 Å². The van der Waals surface area contributed by atoms with Crippen LogP contribution in [0.3, 0.4) is 0 Å². The van der Waals surface area contributed by atoms with Crippen LogP contribution < -0.4 is 5.56 Å². The van der Waals surface area contributed by atoms with Crippen molar-refractivity contribution in [3.05, 3.63) is 46.4 Å². The van der Waals surface area contributed by atoms with E-state index in [-0.39, 0.29) is 17.4 Å². The van der Waals surface area contributed by atoms with E-state index in [0.717, 1.165) is 44.6 Å². The number of aromatic nitrogens is 1. The van der Waals surface area contributed by atoms with Crippen molar-refractivity contribution in [2.24, 2.45) is 5.92 Å². The number of esters is 1. The Labute approximate surface area is 177 Å². The Morgan fingerprint density at radius 3 is 2.90 bits per heavy atom. The van der Waals surface area contributed by atoms with Crippen molar-refractivity contribution in [1.29, 1.82) is 0 Å². The van der Waals surface area contributed by atoms with Crippen molar-refractivity contribution in [3.63, 3.8) is 0 Å². The number of rotatable bonds is 5. The molecule has 3 aliphatic heterocycles. The second kappa shape index (κ2) is 9.16. The van der Waals surface area contributed by atoms with Gasteiger partial charge in [-0.2, -0.15) is 0 Å². The number of piperidine rings is 2. The summed E-state index contributed by atoms with van der Waals surface area (Å²) in [6.07, 6.45) is 7.19. The monoisotopic (exact) mass is 413 g/mol. The molecule has 162 valence electrons. The lowest BCUT2D eigenvalue weighted by molar-refractivity contribution is -0.155.